The maximum absolute atomic E-state index is 12.8. The first-order chi connectivity index (χ1) is 10.2. The van der Waals surface area contributed by atoms with Crippen LogP contribution in [-0.2, 0) is 4.79 Å². The molecule has 2 rings (SSSR count). The van der Waals surface area contributed by atoms with Crippen LogP contribution in [0.5, 0.6) is 0 Å². The van der Waals surface area contributed by atoms with Crippen molar-refractivity contribution in [2.45, 2.75) is 31.1 Å². The zero-order valence-electron chi connectivity index (χ0n) is 12.7. The highest BCUT2D eigenvalue weighted by Gasteiger charge is 2.40. The second-order valence-corrected chi connectivity index (χ2v) is 6.57. The molecule has 0 saturated carbocycles. The average molecular weight is 304 g/mol. The van der Waals surface area contributed by atoms with Crippen LogP contribution < -0.4 is 10.6 Å². The van der Waals surface area contributed by atoms with Crippen molar-refractivity contribution in [3.63, 3.8) is 0 Å². The van der Waals surface area contributed by atoms with E-state index in [9.17, 15) is 4.79 Å². The van der Waals surface area contributed by atoms with Gasteiger partial charge in [-0.05, 0) is 31.5 Å². The lowest BCUT2D eigenvalue weighted by Crippen LogP contribution is -2.38. The van der Waals surface area contributed by atoms with Crippen LogP contribution in [0, 0.1) is 5.41 Å². The van der Waals surface area contributed by atoms with Crippen molar-refractivity contribution in [1.82, 2.24) is 5.32 Å². The number of thioether (sulfide) groups is 1. The van der Waals surface area contributed by atoms with E-state index >= 15 is 0 Å². The normalized spacial score (nSPS) is 21.2. The molecule has 114 valence electrons. The molecule has 1 amide bonds. The van der Waals surface area contributed by atoms with Gasteiger partial charge in [-0.15, -0.1) is 18.3 Å². The zero-order valence-corrected chi connectivity index (χ0v) is 13.5. The Bertz CT molecular complexity index is 495. The first-order valence-corrected chi connectivity index (χ1v) is 8.55. The van der Waals surface area contributed by atoms with Crippen LogP contribution in [0.25, 0.3) is 0 Å². The fourth-order valence-corrected chi connectivity index (χ4v) is 3.59. The number of carbonyl (C=O) groups excluding carboxylic acids is 1. The quantitative estimate of drug-likeness (QED) is 0.596. The van der Waals surface area contributed by atoms with Crippen molar-refractivity contribution in [3.8, 4) is 0 Å². The van der Waals surface area contributed by atoms with Gasteiger partial charge in [-0.1, -0.05) is 31.6 Å². The Labute approximate surface area is 131 Å². The summed E-state index contributed by atoms with van der Waals surface area (Å²) < 4.78 is 0. The summed E-state index contributed by atoms with van der Waals surface area (Å²) in [5, 5.41) is 6.49. The van der Waals surface area contributed by atoms with Crippen molar-refractivity contribution in [3.05, 3.63) is 36.9 Å². The lowest BCUT2D eigenvalue weighted by Gasteiger charge is -2.27. The molecule has 0 aromatic heterocycles. The predicted molar refractivity (Wildman–Crippen MR) is 90.8 cm³/mol. The summed E-state index contributed by atoms with van der Waals surface area (Å²) in [7, 11) is 0. The van der Waals surface area contributed by atoms with Crippen LogP contribution in [0.2, 0.25) is 0 Å². The number of carbonyl (C=O) groups is 1. The first kappa shape index (κ1) is 16.1. The molecule has 0 spiro atoms. The SMILES string of the molecule is C=CCSc1ccccc1NC(=O)C1(CCC)CCNC1. The van der Waals surface area contributed by atoms with Gasteiger partial charge >= 0.3 is 0 Å². The molecule has 2 N–H and O–H groups in total. The lowest BCUT2D eigenvalue weighted by atomic mass is 9.81. The van der Waals surface area contributed by atoms with Crippen LogP contribution in [0.1, 0.15) is 26.2 Å². The van der Waals surface area contributed by atoms with E-state index in [0.717, 1.165) is 48.7 Å². The predicted octanol–water partition coefficient (Wildman–Crippen LogP) is 3.68. The molecule has 0 bridgehead atoms. The maximum Gasteiger partial charge on any atom is 0.231 e. The van der Waals surface area contributed by atoms with Gasteiger partial charge in [0.05, 0.1) is 11.1 Å². The zero-order chi connectivity index (χ0) is 15.1. The van der Waals surface area contributed by atoms with Crippen LogP contribution in [0.3, 0.4) is 0 Å². The molecule has 1 aliphatic heterocycles. The van der Waals surface area contributed by atoms with Crippen molar-refractivity contribution in [2.24, 2.45) is 5.41 Å². The van der Waals surface area contributed by atoms with E-state index in [0.29, 0.717) is 0 Å². The fourth-order valence-electron chi connectivity index (χ4n) is 2.84. The van der Waals surface area contributed by atoms with E-state index in [1.807, 2.05) is 30.3 Å². The summed E-state index contributed by atoms with van der Waals surface area (Å²) in [6.07, 6.45) is 4.77. The number of hydrogen-bond donors (Lipinski definition) is 2. The number of amides is 1. The summed E-state index contributed by atoms with van der Waals surface area (Å²) in [6, 6.07) is 7.99. The van der Waals surface area contributed by atoms with Crippen LogP contribution in [0.4, 0.5) is 5.69 Å². The Hall–Kier alpha value is -1.26. The molecule has 1 aromatic carbocycles. The second kappa shape index (κ2) is 7.66. The van der Waals surface area contributed by atoms with Crippen LogP contribution in [-0.4, -0.2) is 24.7 Å². The van der Waals surface area contributed by atoms with Gasteiger partial charge in [0.15, 0.2) is 0 Å². The van der Waals surface area contributed by atoms with E-state index in [4.69, 9.17) is 0 Å². The second-order valence-electron chi connectivity index (χ2n) is 5.51. The molecular weight excluding hydrogens is 280 g/mol. The van der Waals surface area contributed by atoms with E-state index in [2.05, 4.69) is 24.1 Å². The number of rotatable bonds is 7. The topological polar surface area (TPSA) is 41.1 Å². The summed E-state index contributed by atoms with van der Waals surface area (Å²) in [5.41, 5.74) is 0.669. The molecule has 3 nitrogen and oxygen atoms in total. The molecule has 1 aromatic rings. The Kier molecular flexibility index (Phi) is 5.88. The van der Waals surface area contributed by atoms with Gasteiger partial charge in [-0.25, -0.2) is 0 Å². The number of para-hydroxylation sites is 1. The van der Waals surface area contributed by atoms with Gasteiger partial charge in [0.25, 0.3) is 0 Å². The molecule has 4 heteroatoms. The molecule has 21 heavy (non-hydrogen) atoms. The van der Waals surface area contributed by atoms with E-state index in [1.54, 1.807) is 11.8 Å². The summed E-state index contributed by atoms with van der Waals surface area (Å²) in [5.74, 6) is 0.996. The summed E-state index contributed by atoms with van der Waals surface area (Å²) >= 11 is 1.70. The third-order valence-electron chi connectivity index (χ3n) is 3.95. The highest BCUT2D eigenvalue weighted by atomic mass is 32.2. The smallest absolute Gasteiger partial charge is 0.231 e. The number of anilines is 1. The van der Waals surface area contributed by atoms with Crippen molar-refractivity contribution >= 4 is 23.4 Å². The monoisotopic (exact) mass is 304 g/mol. The highest BCUT2D eigenvalue weighted by molar-refractivity contribution is 7.99. The van der Waals surface area contributed by atoms with Crippen molar-refractivity contribution < 1.29 is 4.79 Å². The third-order valence-corrected chi connectivity index (χ3v) is 5.02. The van der Waals surface area contributed by atoms with Crippen LogP contribution >= 0.6 is 11.8 Å². The molecule has 1 fully saturated rings. The summed E-state index contributed by atoms with van der Waals surface area (Å²) in [6.45, 7) is 7.61. The average Bonchev–Trinajstić information content (AvgIpc) is 2.97. The lowest BCUT2D eigenvalue weighted by molar-refractivity contribution is -0.125. The largest absolute Gasteiger partial charge is 0.325 e. The van der Waals surface area contributed by atoms with E-state index < -0.39 is 0 Å². The minimum atomic E-state index is -0.245. The molecule has 1 heterocycles. The standard InChI is InChI=1S/C17H24N2OS/c1-3-9-17(10-11-18-13-17)16(20)19-14-7-5-6-8-15(14)21-12-4-2/h4-8,18H,2-3,9-13H2,1H3,(H,19,20). The minimum absolute atomic E-state index is 0.154. The minimum Gasteiger partial charge on any atom is -0.325 e. The Morgan fingerprint density at radius 3 is 3.00 bits per heavy atom. The molecule has 1 unspecified atom stereocenters. The van der Waals surface area contributed by atoms with Gasteiger partial charge in [-0.2, -0.15) is 0 Å². The Balaban J connectivity index is 2.13. The maximum atomic E-state index is 12.8. The number of nitrogens with one attached hydrogen (secondary N) is 2. The molecule has 0 aliphatic carbocycles. The van der Waals surface area contributed by atoms with Gasteiger partial charge in [0.1, 0.15) is 0 Å². The van der Waals surface area contributed by atoms with Gasteiger partial charge < -0.3 is 10.6 Å². The van der Waals surface area contributed by atoms with Gasteiger partial charge in [-0.3, -0.25) is 4.79 Å². The van der Waals surface area contributed by atoms with E-state index in [-0.39, 0.29) is 11.3 Å². The molecule has 0 radical (unpaired) electrons. The highest BCUT2D eigenvalue weighted by Crippen LogP contribution is 2.34. The molecule has 1 saturated heterocycles. The van der Waals surface area contributed by atoms with Gasteiger partial charge in [0.2, 0.25) is 5.91 Å². The number of hydrogen-bond acceptors (Lipinski definition) is 3. The molecule has 1 atom stereocenters. The first-order valence-electron chi connectivity index (χ1n) is 7.57. The Morgan fingerprint density at radius 1 is 1.52 bits per heavy atom. The molecule has 1 aliphatic rings. The fraction of sp³-hybridized carbons (Fsp3) is 0.471. The van der Waals surface area contributed by atoms with Crippen molar-refractivity contribution in [2.75, 3.05) is 24.2 Å². The Morgan fingerprint density at radius 2 is 2.33 bits per heavy atom. The summed E-state index contributed by atoms with van der Waals surface area (Å²) in [4.78, 5) is 13.9. The number of benzene rings is 1. The van der Waals surface area contributed by atoms with Crippen molar-refractivity contribution in [1.29, 1.82) is 0 Å². The third kappa shape index (κ3) is 3.89. The van der Waals surface area contributed by atoms with E-state index in [1.165, 1.54) is 0 Å². The molecular formula is C17H24N2OS. The van der Waals surface area contributed by atoms with Gasteiger partial charge in [0, 0.05) is 17.2 Å². The van der Waals surface area contributed by atoms with Crippen LogP contribution in [0.15, 0.2) is 41.8 Å².